The van der Waals surface area contributed by atoms with Gasteiger partial charge in [-0.25, -0.2) is 0 Å². The van der Waals surface area contributed by atoms with Crippen molar-refractivity contribution in [2.45, 2.75) is 38.5 Å². The van der Waals surface area contributed by atoms with Gasteiger partial charge >= 0.3 is 0 Å². The van der Waals surface area contributed by atoms with Gasteiger partial charge in [-0.15, -0.1) is 0 Å². The van der Waals surface area contributed by atoms with Crippen molar-refractivity contribution in [3.05, 3.63) is 60.2 Å². The normalized spacial score (nSPS) is 18.0. The summed E-state index contributed by atoms with van der Waals surface area (Å²) in [6.45, 7) is 3.08. The monoisotopic (exact) mass is 406 g/mol. The fourth-order valence-corrected chi connectivity index (χ4v) is 4.35. The Labute approximate surface area is 178 Å². The molecule has 0 radical (unpaired) electrons. The number of piperidine rings is 1. The van der Waals surface area contributed by atoms with E-state index in [4.69, 9.17) is 4.74 Å². The third kappa shape index (κ3) is 5.02. The third-order valence-corrected chi connectivity index (χ3v) is 6.13. The van der Waals surface area contributed by atoms with Crippen LogP contribution in [0.4, 0.5) is 0 Å². The molecule has 2 saturated heterocycles. The second-order valence-corrected chi connectivity index (χ2v) is 8.25. The molecule has 0 spiro atoms. The largest absolute Gasteiger partial charge is 0.457 e. The van der Waals surface area contributed by atoms with E-state index in [1.54, 1.807) is 0 Å². The van der Waals surface area contributed by atoms with Gasteiger partial charge in [0.25, 0.3) is 5.91 Å². The molecule has 0 bridgehead atoms. The van der Waals surface area contributed by atoms with E-state index >= 15 is 0 Å². The van der Waals surface area contributed by atoms with E-state index in [1.165, 1.54) is 12.8 Å². The Bertz CT molecular complexity index is 834. The van der Waals surface area contributed by atoms with Crippen LogP contribution in [-0.2, 0) is 4.79 Å². The van der Waals surface area contributed by atoms with Gasteiger partial charge in [0.15, 0.2) is 0 Å². The molecule has 2 heterocycles. The zero-order valence-electron chi connectivity index (χ0n) is 17.5. The van der Waals surface area contributed by atoms with Gasteiger partial charge in [0.2, 0.25) is 5.91 Å². The van der Waals surface area contributed by atoms with Gasteiger partial charge in [-0.3, -0.25) is 9.59 Å². The molecular formula is C25H30N2O3. The zero-order chi connectivity index (χ0) is 20.8. The van der Waals surface area contributed by atoms with Crippen LogP contribution in [0, 0.1) is 5.92 Å². The number of hydrogen-bond donors (Lipinski definition) is 0. The number of hydrogen-bond acceptors (Lipinski definition) is 3. The molecule has 0 unspecified atom stereocenters. The van der Waals surface area contributed by atoms with E-state index in [2.05, 4.69) is 4.90 Å². The molecular weight excluding hydrogens is 376 g/mol. The van der Waals surface area contributed by atoms with Crippen LogP contribution in [-0.4, -0.2) is 47.8 Å². The smallest absolute Gasteiger partial charge is 0.253 e. The predicted octanol–water partition coefficient (Wildman–Crippen LogP) is 4.73. The van der Waals surface area contributed by atoms with Gasteiger partial charge in [-0.05, 0) is 62.1 Å². The number of likely N-dealkylation sites (tertiary alicyclic amines) is 2. The first kappa shape index (κ1) is 20.5. The van der Waals surface area contributed by atoms with Crippen LogP contribution < -0.4 is 4.74 Å². The van der Waals surface area contributed by atoms with Crippen molar-refractivity contribution in [3.8, 4) is 11.5 Å². The molecule has 0 N–H and O–H groups in total. The van der Waals surface area contributed by atoms with Crippen molar-refractivity contribution < 1.29 is 14.3 Å². The van der Waals surface area contributed by atoms with Gasteiger partial charge in [-0.2, -0.15) is 0 Å². The van der Waals surface area contributed by atoms with Crippen LogP contribution in [0.1, 0.15) is 48.9 Å². The predicted molar refractivity (Wildman–Crippen MR) is 117 cm³/mol. The molecule has 2 fully saturated rings. The summed E-state index contributed by atoms with van der Waals surface area (Å²) in [7, 11) is 0. The van der Waals surface area contributed by atoms with Crippen molar-refractivity contribution in [3.63, 3.8) is 0 Å². The topological polar surface area (TPSA) is 49.9 Å². The zero-order valence-corrected chi connectivity index (χ0v) is 17.5. The molecule has 0 saturated carbocycles. The fourth-order valence-electron chi connectivity index (χ4n) is 4.35. The minimum Gasteiger partial charge on any atom is -0.457 e. The summed E-state index contributed by atoms with van der Waals surface area (Å²) in [6, 6.07) is 16.9. The summed E-state index contributed by atoms with van der Waals surface area (Å²) in [5.74, 6) is 1.87. The molecule has 2 aliphatic rings. The first-order valence-electron chi connectivity index (χ1n) is 11.1. The Morgan fingerprint density at radius 2 is 1.30 bits per heavy atom. The van der Waals surface area contributed by atoms with Gasteiger partial charge in [0, 0.05) is 37.7 Å². The average Bonchev–Trinajstić information content (AvgIpc) is 3.09. The number of rotatable bonds is 4. The van der Waals surface area contributed by atoms with E-state index < -0.39 is 0 Å². The lowest BCUT2D eigenvalue weighted by Gasteiger charge is -2.34. The van der Waals surface area contributed by atoms with Crippen molar-refractivity contribution in [2.24, 2.45) is 5.92 Å². The van der Waals surface area contributed by atoms with Crippen molar-refractivity contribution in [2.75, 3.05) is 26.2 Å². The number of para-hydroxylation sites is 1. The summed E-state index contributed by atoms with van der Waals surface area (Å²) < 4.78 is 5.80. The number of carbonyl (C=O) groups is 2. The van der Waals surface area contributed by atoms with Crippen molar-refractivity contribution >= 4 is 11.8 Å². The van der Waals surface area contributed by atoms with Gasteiger partial charge in [-0.1, -0.05) is 31.0 Å². The summed E-state index contributed by atoms with van der Waals surface area (Å²) >= 11 is 0. The number of ether oxygens (including phenoxy) is 1. The Balaban J connectivity index is 1.30. The second kappa shape index (κ2) is 9.79. The van der Waals surface area contributed by atoms with Gasteiger partial charge in [0.05, 0.1) is 0 Å². The highest BCUT2D eigenvalue weighted by molar-refractivity contribution is 5.94. The lowest BCUT2D eigenvalue weighted by Crippen LogP contribution is -2.44. The number of carbonyl (C=O) groups excluding carboxylic acids is 2. The lowest BCUT2D eigenvalue weighted by atomic mass is 9.94. The third-order valence-electron chi connectivity index (χ3n) is 6.13. The minimum absolute atomic E-state index is 0.0296. The quantitative estimate of drug-likeness (QED) is 0.737. The summed E-state index contributed by atoms with van der Waals surface area (Å²) in [5.41, 5.74) is 0.660. The van der Waals surface area contributed by atoms with Crippen LogP contribution in [0.15, 0.2) is 54.6 Å². The number of nitrogens with zero attached hydrogens (tertiary/aromatic N) is 2. The standard InChI is InChI=1S/C25H30N2O3/c28-24(20-10-12-23(13-11-20)30-22-8-4-3-5-9-22)27-18-14-21(15-19-27)25(29)26-16-6-1-2-7-17-26/h3-5,8-13,21H,1-2,6-7,14-19H2. The molecule has 2 aromatic carbocycles. The molecule has 0 aliphatic carbocycles. The number of benzene rings is 2. The SMILES string of the molecule is O=C(c1ccc(Oc2ccccc2)cc1)N1CCC(C(=O)N2CCCCCC2)CC1. The van der Waals surface area contributed by atoms with E-state index in [1.807, 2.05) is 59.5 Å². The Hall–Kier alpha value is -2.82. The Morgan fingerprint density at radius 1 is 0.700 bits per heavy atom. The molecule has 30 heavy (non-hydrogen) atoms. The van der Waals surface area contributed by atoms with Crippen LogP contribution in [0.2, 0.25) is 0 Å². The Morgan fingerprint density at radius 3 is 1.93 bits per heavy atom. The van der Waals surface area contributed by atoms with Crippen LogP contribution in [0.25, 0.3) is 0 Å². The maximum atomic E-state index is 12.9. The van der Waals surface area contributed by atoms with E-state index in [9.17, 15) is 9.59 Å². The molecule has 2 aromatic rings. The molecule has 4 rings (SSSR count). The highest BCUT2D eigenvalue weighted by Crippen LogP contribution is 2.25. The molecule has 158 valence electrons. The summed E-state index contributed by atoms with van der Waals surface area (Å²) in [6.07, 6.45) is 6.21. The van der Waals surface area contributed by atoms with Crippen LogP contribution in [0.5, 0.6) is 11.5 Å². The van der Waals surface area contributed by atoms with Crippen LogP contribution in [0.3, 0.4) is 0 Å². The fraction of sp³-hybridized carbons (Fsp3) is 0.440. The molecule has 5 nitrogen and oxygen atoms in total. The highest BCUT2D eigenvalue weighted by Gasteiger charge is 2.30. The lowest BCUT2D eigenvalue weighted by molar-refractivity contribution is -0.136. The molecule has 5 heteroatoms. The molecule has 2 amide bonds. The second-order valence-electron chi connectivity index (χ2n) is 8.25. The van der Waals surface area contributed by atoms with Crippen molar-refractivity contribution in [1.82, 2.24) is 9.80 Å². The van der Waals surface area contributed by atoms with E-state index in [0.29, 0.717) is 30.3 Å². The first-order valence-corrected chi connectivity index (χ1v) is 11.1. The molecule has 0 atom stereocenters. The number of amides is 2. The van der Waals surface area contributed by atoms with Gasteiger partial charge in [0.1, 0.15) is 11.5 Å². The van der Waals surface area contributed by atoms with Crippen molar-refractivity contribution in [1.29, 1.82) is 0 Å². The molecule has 0 aromatic heterocycles. The molecule has 2 aliphatic heterocycles. The summed E-state index contributed by atoms with van der Waals surface area (Å²) in [5, 5.41) is 0. The summed E-state index contributed by atoms with van der Waals surface area (Å²) in [4.78, 5) is 29.7. The van der Waals surface area contributed by atoms with Gasteiger partial charge < -0.3 is 14.5 Å². The highest BCUT2D eigenvalue weighted by atomic mass is 16.5. The maximum Gasteiger partial charge on any atom is 0.253 e. The van der Waals surface area contributed by atoms with Crippen LogP contribution >= 0.6 is 0 Å². The minimum atomic E-state index is 0.0296. The van der Waals surface area contributed by atoms with E-state index in [0.717, 1.165) is 44.5 Å². The average molecular weight is 407 g/mol. The first-order chi connectivity index (χ1) is 14.7. The maximum absolute atomic E-state index is 12.9. The Kier molecular flexibility index (Phi) is 6.67. The van der Waals surface area contributed by atoms with E-state index in [-0.39, 0.29) is 11.8 Å².